The molecule has 0 aliphatic carbocycles. The lowest BCUT2D eigenvalue weighted by molar-refractivity contribution is 0.169. The summed E-state index contributed by atoms with van der Waals surface area (Å²) in [4.78, 5) is 0. The van der Waals surface area contributed by atoms with E-state index in [-0.39, 0.29) is 11.4 Å². The molecule has 1 fully saturated rings. The van der Waals surface area contributed by atoms with Gasteiger partial charge in [0.25, 0.3) is 0 Å². The number of benzene rings is 1. The first kappa shape index (κ1) is 15.8. The Balaban J connectivity index is 2.09. The van der Waals surface area contributed by atoms with Gasteiger partial charge < -0.3 is 5.11 Å². The summed E-state index contributed by atoms with van der Waals surface area (Å²) in [6, 6.07) is 5.49. The molecule has 0 amide bonds. The van der Waals surface area contributed by atoms with E-state index < -0.39 is 0 Å². The first-order valence-corrected chi connectivity index (χ1v) is 9.33. The van der Waals surface area contributed by atoms with Gasteiger partial charge in [-0.05, 0) is 24.1 Å². The monoisotopic (exact) mass is 336 g/mol. The van der Waals surface area contributed by atoms with E-state index in [4.69, 9.17) is 23.2 Å². The van der Waals surface area contributed by atoms with Gasteiger partial charge in [0.05, 0.1) is 6.10 Å². The van der Waals surface area contributed by atoms with Crippen molar-refractivity contribution in [3.05, 3.63) is 33.8 Å². The van der Waals surface area contributed by atoms with Gasteiger partial charge in [0.1, 0.15) is 0 Å². The topological polar surface area (TPSA) is 20.2 Å². The van der Waals surface area contributed by atoms with Crippen molar-refractivity contribution in [2.45, 2.75) is 36.4 Å². The average molecular weight is 337 g/mol. The zero-order chi connectivity index (χ0) is 13.8. The van der Waals surface area contributed by atoms with Crippen LogP contribution in [-0.2, 0) is 6.42 Å². The van der Waals surface area contributed by atoms with E-state index in [9.17, 15) is 5.11 Å². The van der Waals surface area contributed by atoms with Crippen LogP contribution in [0.5, 0.6) is 0 Å². The van der Waals surface area contributed by atoms with Crippen LogP contribution >= 0.6 is 46.7 Å². The van der Waals surface area contributed by atoms with Crippen molar-refractivity contribution in [1.29, 1.82) is 0 Å². The maximum Gasteiger partial charge on any atom is 0.0710 e. The lowest BCUT2D eigenvalue weighted by Gasteiger charge is -2.33. The maximum atomic E-state index is 10.5. The van der Waals surface area contributed by atoms with Crippen LogP contribution in [0.25, 0.3) is 0 Å². The highest BCUT2D eigenvalue weighted by Crippen LogP contribution is 2.37. The molecule has 106 valence electrons. The number of aliphatic hydroxyl groups is 1. The standard InChI is InChI=1S/C14H18Cl2OS2/c1-2-13-14(19-7-6-18-13)12(17)8-9-10(15)4-3-5-11(9)16/h3-5,12-14,17H,2,6-8H2,1H3. The van der Waals surface area contributed by atoms with Crippen LogP contribution < -0.4 is 0 Å². The van der Waals surface area contributed by atoms with Crippen LogP contribution in [0, 0.1) is 0 Å². The normalized spacial score (nSPS) is 25.3. The van der Waals surface area contributed by atoms with E-state index in [1.807, 2.05) is 41.7 Å². The Labute approximate surface area is 133 Å². The highest BCUT2D eigenvalue weighted by Gasteiger charge is 2.31. The molecule has 1 saturated heterocycles. The molecule has 3 atom stereocenters. The average Bonchev–Trinajstić information content (AvgIpc) is 2.42. The molecule has 1 aliphatic rings. The molecule has 1 aromatic carbocycles. The van der Waals surface area contributed by atoms with Gasteiger partial charge in [-0.1, -0.05) is 36.2 Å². The van der Waals surface area contributed by atoms with E-state index in [1.54, 1.807) is 0 Å². The number of hydrogen-bond donors (Lipinski definition) is 1. The molecule has 0 aromatic heterocycles. The van der Waals surface area contributed by atoms with Crippen molar-refractivity contribution in [3.63, 3.8) is 0 Å². The molecule has 0 spiro atoms. The molecule has 5 heteroatoms. The largest absolute Gasteiger partial charge is 0.392 e. The van der Waals surface area contributed by atoms with Gasteiger partial charge in [-0.15, -0.1) is 0 Å². The number of aliphatic hydroxyl groups excluding tert-OH is 1. The van der Waals surface area contributed by atoms with Gasteiger partial charge in [0.2, 0.25) is 0 Å². The molecule has 3 unspecified atom stereocenters. The van der Waals surface area contributed by atoms with E-state index >= 15 is 0 Å². The van der Waals surface area contributed by atoms with Crippen molar-refractivity contribution in [1.82, 2.24) is 0 Å². The molecular weight excluding hydrogens is 319 g/mol. The minimum absolute atomic E-state index is 0.274. The molecule has 1 nitrogen and oxygen atoms in total. The van der Waals surface area contributed by atoms with Gasteiger partial charge in [0, 0.05) is 38.5 Å². The summed E-state index contributed by atoms with van der Waals surface area (Å²) in [5.41, 5.74) is 0.865. The Bertz CT molecular complexity index is 408. The first-order valence-electron chi connectivity index (χ1n) is 6.47. The van der Waals surface area contributed by atoms with Crippen LogP contribution in [0.1, 0.15) is 18.9 Å². The Morgan fingerprint density at radius 1 is 1.26 bits per heavy atom. The fourth-order valence-electron chi connectivity index (χ4n) is 2.35. The Morgan fingerprint density at radius 2 is 1.89 bits per heavy atom. The second-order valence-electron chi connectivity index (χ2n) is 4.62. The summed E-state index contributed by atoms with van der Waals surface area (Å²) >= 11 is 16.2. The van der Waals surface area contributed by atoms with Gasteiger partial charge in [-0.25, -0.2) is 0 Å². The predicted octanol–water partition coefficient (Wildman–Crippen LogP) is 4.52. The molecule has 19 heavy (non-hydrogen) atoms. The zero-order valence-corrected chi connectivity index (χ0v) is 14.0. The van der Waals surface area contributed by atoms with E-state index in [0.29, 0.717) is 21.7 Å². The molecule has 2 rings (SSSR count). The van der Waals surface area contributed by atoms with Gasteiger partial charge >= 0.3 is 0 Å². The van der Waals surface area contributed by atoms with Crippen molar-refractivity contribution < 1.29 is 5.11 Å². The number of halogens is 2. The third-order valence-electron chi connectivity index (χ3n) is 3.35. The smallest absolute Gasteiger partial charge is 0.0710 e. The zero-order valence-electron chi connectivity index (χ0n) is 10.8. The van der Waals surface area contributed by atoms with Crippen LogP contribution in [0.2, 0.25) is 10.0 Å². The van der Waals surface area contributed by atoms with Crippen LogP contribution in [0.3, 0.4) is 0 Å². The molecule has 1 N–H and O–H groups in total. The summed E-state index contributed by atoms with van der Waals surface area (Å²) in [5.74, 6) is 2.29. The van der Waals surface area contributed by atoms with Crippen molar-refractivity contribution >= 4 is 46.7 Å². The van der Waals surface area contributed by atoms with Gasteiger partial charge in [-0.3, -0.25) is 0 Å². The Kier molecular flexibility index (Phi) is 6.22. The molecule has 0 bridgehead atoms. The summed E-state index contributed by atoms with van der Waals surface area (Å²) < 4.78 is 0. The minimum Gasteiger partial charge on any atom is -0.392 e. The van der Waals surface area contributed by atoms with Crippen LogP contribution in [0.15, 0.2) is 18.2 Å². The van der Waals surface area contributed by atoms with Gasteiger partial charge in [0.15, 0.2) is 0 Å². The quantitative estimate of drug-likeness (QED) is 0.872. The van der Waals surface area contributed by atoms with E-state index in [2.05, 4.69) is 6.92 Å². The summed E-state index contributed by atoms with van der Waals surface area (Å²) in [6.45, 7) is 2.19. The molecule has 1 aromatic rings. The number of rotatable bonds is 4. The Hall–Kier alpha value is 0.460. The molecule has 0 radical (unpaired) electrons. The highest BCUT2D eigenvalue weighted by molar-refractivity contribution is 8.07. The summed E-state index contributed by atoms with van der Waals surface area (Å²) in [6.07, 6.45) is 1.24. The fraction of sp³-hybridized carbons (Fsp3) is 0.571. The van der Waals surface area contributed by atoms with E-state index in [0.717, 1.165) is 17.7 Å². The second-order valence-corrected chi connectivity index (χ2v) is 8.07. The van der Waals surface area contributed by atoms with Crippen molar-refractivity contribution in [3.8, 4) is 0 Å². The number of thioether (sulfide) groups is 2. The lowest BCUT2D eigenvalue weighted by Crippen LogP contribution is -2.37. The minimum atomic E-state index is -0.389. The van der Waals surface area contributed by atoms with Crippen molar-refractivity contribution in [2.75, 3.05) is 11.5 Å². The summed E-state index contributed by atoms with van der Waals surface area (Å²) in [7, 11) is 0. The highest BCUT2D eigenvalue weighted by atomic mass is 35.5. The summed E-state index contributed by atoms with van der Waals surface area (Å²) in [5, 5.41) is 12.6. The molecule has 0 saturated carbocycles. The molecule has 1 aliphatic heterocycles. The Morgan fingerprint density at radius 3 is 2.53 bits per heavy atom. The number of hydrogen-bond acceptors (Lipinski definition) is 3. The van der Waals surface area contributed by atoms with E-state index in [1.165, 1.54) is 5.75 Å². The molecule has 1 heterocycles. The van der Waals surface area contributed by atoms with Crippen molar-refractivity contribution in [2.24, 2.45) is 0 Å². The van der Waals surface area contributed by atoms with Gasteiger partial charge in [-0.2, -0.15) is 23.5 Å². The van der Waals surface area contributed by atoms with Crippen LogP contribution in [-0.4, -0.2) is 33.2 Å². The van der Waals surface area contributed by atoms with Crippen LogP contribution in [0.4, 0.5) is 0 Å². The third-order valence-corrected chi connectivity index (χ3v) is 7.45. The predicted molar refractivity (Wildman–Crippen MR) is 89.0 cm³/mol. The fourth-order valence-corrected chi connectivity index (χ4v) is 6.05. The third kappa shape index (κ3) is 3.98. The lowest BCUT2D eigenvalue weighted by atomic mass is 10.0. The molecular formula is C14H18Cl2OS2. The first-order chi connectivity index (χ1) is 9.13. The SMILES string of the molecule is CCC1SCCSC1C(O)Cc1c(Cl)cccc1Cl. The maximum absolute atomic E-state index is 10.5. The second kappa shape index (κ2) is 7.46.